The molecule has 4 aromatic rings. The first-order chi connectivity index (χ1) is 16.5. The molecule has 0 atom stereocenters. The highest BCUT2D eigenvalue weighted by molar-refractivity contribution is 7.90. The molecular weight excluding hydrogens is 507 g/mol. The summed E-state index contributed by atoms with van der Waals surface area (Å²) in [7, 11) is -3.81. The minimum atomic E-state index is -3.81. The average molecular weight is 529 g/mol. The highest BCUT2D eigenvalue weighted by atomic mass is 35.5. The molecule has 0 saturated carbocycles. The Balaban J connectivity index is 0.00000289. The van der Waals surface area contributed by atoms with Crippen LogP contribution >= 0.6 is 24.0 Å². The third-order valence-electron chi connectivity index (χ3n) is 5.81. The fourth-order valence-electron chi connectivity index (χ4n) is 4.10. The van der Waals surface area contributed by atoms with Crippen molar-refractivity contribution < 1.29 is 13.2 Å². The van der Waals surface area contributed by atoms with Crippen LogP contribution in [0.25, 0.3) is 10.9 Å². The summed E-state index contributed by atoms with van der Waals surface area (Å²) in [5, 5.41) is 13.7. The summed E-state index contributed by atoms with van der Waals surface area (Å²) in [5.74, 6) is 0.886. The van der Waals surface area contributed by atoms with Crippen LogP contribution in [0, 0.1) is 11.3 Å². The molecule has 180 valence electrons. The molecule has 7 nitrogen and oxygen atoms in total. The van der Waals surface area contributed by atoms with Gasteiger partial charge in [0.15, 0.2) is 0 Å². The molecule has 1 saturated heterocycles. The number of hydrogen-bond donors (Lipinski definition) is 1. The molecule has 0 radical (unpaired) electrons. The molecule has 0 bridgehead atoms. The van der Waals surface area contributed by atoms with Crippen molar-refractivity contribution in [2.75, 3.05) is 31.1 Å². The maximum absolute atomic E-state index is 13.4. The normalized spacial score (nSPS) is 13.8. The van der Waals surface area contributed by atoms with Crippen molar-refractivity contribution in [3.63, 3.8) is 0 Å². The van der Waals surface area contributed by atoms with E-state index in [2.05, 4.69) is 10.2 Å². The summed E-state index contributed by atoms with van der Waals surface area (Å²) < 4.78 is 34.0. The van der Waals surface area contributed by atoms with Gasteiger partial charge in [-0.2, -0.15) is 5.26 Å². The van der Waals surface area contributed by atoms with E-state index < -0.39 is 10.0 Å². The van der Waals surface area contributed by atoms with Crippen LogP contribution in [0.3, 0.4) is 0 Å². The average Bonchev–Trinajstić information content (AvgIpc) is 3.31. The van der Waals surface area contributed by atoms with Gasteiger partial charge in [0, 0.05) is 49.5 Å². The smallest absolute Gasteiger partial charge is 0.268 e. The van der Waals surface area contributed by atoms with Gasteiger partial charge in [-0.05, 0) is 54.6 Å². The Labute approximate surface area is 214 Å². The van der Waals surface area contributed by atoms with Crippen molar-refractivity contribution >= 4 is 50.6 Å². The number of nitrogens with one attached hydrogen (secondary N) is 1. The minimum absolute atomic E-state index is 0. The predicted molar refractivity (Wildman–Crippen MR) is 140 cm³/mol. The summed E-state index contributed by atoms with van der Waals surface area (Å²) in [5.41, 5.74) is 1.98. The van der Waals surface area contributed by atoms with Crippen LogP contribution in [0.2, 0.25) is 5.02 Å². The molecule has 1 fully saturated rings. The third-order valence-corrected chi connectivity index (χ3v) is 7.84. The first-order valence-corrected chi connectivity index (χ1v) is 12.6. The van der Waals surface area contributed by atoms with Gasteiger partial charge < -0.3 is 15.0 Å². The van der Waals surface area contributed by atoms with Crippen LogP contribution in [0.5, 0.6) is 11.5 Å². The van der Waals surface area contributed by atoms with Gasteiger partial charge in [0.05, 0.1) is 21.0 Å². The van der Waals surface area contributed by atoms with Crippen LogP contribution < -0.4 is 15.0 Å². The Bertz CT molecular complexity index is 1510. The lowest BCUT2D eigenvalue weighted by molar-refractivity contribution is 0.482. The van der Waals surface area contributed by atoms with Crippen molar-refractivity contribution in [3.8, 4) is 17.6 Å². The highest BCUT2D eigenvalue weighted by Crippen LogP contribution is 2.31. The number of nitriles is 1. The number of ether oxygens (including phenoxy) is 1. The molecule has 2 heterocycles. The van der Waals surface area contributed by atoms with Crippen LogP contribution in [0.4, 0.5) is 5.69 Å². The van der Waals surface area contributed by atoms with Gasteiger partial charge in [0.25, 0.3) is 10.0 Å². The number of benzene rings is 3. The summed E-state index contributed by atoms with van der Waals surface area (Å²) in [4.78, 5) is 2.43. The molecule has 1 aromatic heterocycles. The van der Waals surface area contributed by atoms with Crippen LogP contribution in [-0.4, -0.2) is 38.6 Å². The summed E-state index contributed by atoms with van der Waals surface area (Å²) >= 11 is 5.96. The van der Waals surface area contributed by atoms with E-state index >= 15 is 0 Å². The minimum Gasteiger partial charge on any atom is -0.457 e. The first kappa shape index (κ1) is 24.9. The number of hydrogen-bond acceptors (Lipinski definition) is 6. The second-order valence-electron chi connectivity index (χ2n) is 7.89. The summed E-state index contributed by atoms with van der Waals surface area (Å²) in [6.45, 7) is 3.55. The maximum atomic E-state index is 13.4. The molecule has 0 aliphatic carbocycles. The van der Waals surface area contributed by atoms with Crippen molar-refractivity contribution in [2.24, 2.45) is 0 Å². The van der Waals surface area contributed by atoms with E-state index in [1.807, 2.05) is 30.3 Å². The van der Waals surface area contributed by atoms with Gasteiger partial charge in [0.2, 0.25) is 0 Å². The topological polar surface area (TPSA) is 87.4 Å². The maximum Gasteiger partial charge on any atom is 0.268 e. The fourth-order valence-corrected chi connectivity index (χ4v) is 5.61. The molecule has 1 aliphatic heterocycles. The van der Waals surface area contributed by atoms with E-state index in [-0.39, 0.29) is 17.3 Å². The number of aromatic nitrogens is 1. The molecule has 1 N–H and O–H groups in total. The van der Waals surface area contributed by atoms with E-state index in [1.54, 1.807) is 30.5 Å². The molecule has 1 aliphatic rings. The van der Waals surface area contributed by atoms with E-state index in [4.69, 9.17) is 21.6 Å². The SMILES string of the molecule is Cl.N#Cc1cc(Oc2ccc(S(=O)(=O)n3ccc4c(N5CCNCC5)cccc43)cc2)ccc1Cl. The van der Waals surface area contributed by atoms with Crippen LogP contribution in [0.1, 0.15) is 5.56 Å². The Morgan fingerprint density at radius 2 is 1.69 bits per heavy atom. The van der Waals surface area contributed by atoms with Crippen LogP contribution in [-0.2, 0) is 10.0 Å². The Hall–Kier alpha value is -3.22. The molecule has 3 aromatic carbocycles. The number of anilines is 1. The predicted octanol–water partition coefficient (Wildman–Crippen LogP) is 5.03. The van der Waals surface area contributed by atoms with E-state index in [1.165, 1.54) is 22.2 Å². The van der Waals surface area contributed by atoms with Crippen molar-refractivity contribution in [3.05, 3.63) is 83.5 Å². The molecule has 5 rings (SSSR count). The Kier molecular flexibility index (Phi) is 7.24. The second-order valence-corrected chi connectivity index (χ2v) is 10.1. The molecule has 0 amide bonds. The van der Waals surface area contributed by atoms with Crippen LogP contribution in [0.15, 0.2) is 77.8 Å². The molecule has 10 heteroatoms. The number of nitrogens with zero attached hydrogens (tertiary/aromatic N) is 3. The zero-order chi connectivity index (χ0) is 23.7. The molecule has 35 heavy (non-hydrogen) atoms. The lowest BCUT2D eigenvalue weighted by Crippen LogP contribution is -2.43. The zero-order valence-corrected chi connectivity index (χ0v) is 20.9. The van der Waals surface area contributed by atoms with E-state index in [0.717, 1.165) is 37.3 Å². The van der Waals surface area contributed by atoms with Crippen molar-refractivity contribution in [1.82, 2.24) is 9.29 Å². The highest BCUT2D eigenvalue weighted by Gasteiger charge is 2.21. The largest absolute Gasteiger partial charge is 0.457 e. The standard InChI is InChI=1S/C25H21ClN4O3S.ClH/c26-23-9-6-20(16-18(23)17-27)33-19-4-7-21(8-5-19)34(31,32)30-13-10-22-24(2-1-3-25(22)30)29-14-11-28-12-15-29;/h1-10,13,16,28H,11-12,14-15H2;1H. The monoisotopic (exact) mass is 528 g/mol. The molecule has 0 unspecified atom stereocenters. The second kappa shape index (κ2) is 10.2. The van der Waals surface area contributed by atoms with Gasteiger partial charge in [-0.15, -0.1) is 12.4 Å². The molecular formula is C25H22Cl2N4O3S. The molecule has 0 spiro atoms. The first-order valence-electron chi connectivity index (χ1n) is 10.8. The summed E-state index contributed by atoms with van der Waals surface area (Å²) in [6.07, 6.45) is 1.60. The lowest BCUT2D eigenvalue weighted by atomic mass is 10.2. The fraction of sp³-hybridized carbons (Fsp3) is 0.160. The number of fused-ring (bicyclic) bond motifs is 1. The third kappa shape index (κ3) is 4.81. The van der Waals surface area contributed by atoms with Gasteiger partial charge in [-0.1, -0.05) is 17.7 Å². The van der Waals surface area contributed by atoms with E-state index in [0.29, 0.717) is 27.6 Å². The summed E-state index contributed by atoms with van der Waals surface area (Å²) in [6, 6.07) is 20.6. The zero-order valence-electron chi connectivity index (χ0n) is 18.5. The Morgan fingerprint density at radius 1 is 0.971 bits per heavy atom. The van der Waals surface area contributed by atoms with Gasteiger partial charge in [-0.25, -0.2) is 12.4 Å². The quantitative estimate of drug-likeness (QED) is 0.391. The lowest BCUT2D eigenvalue weighted by Gasteiger charge is -2.30. The van der Waals surface area contributed by atoms with Crippen molar-refractivity contribution in [2.45, 2.75) is 4.90 Å². The van der Waals surface area contributed by atoms with Gasteiger partial charge in [-0.3, -0.25) is 0 Å². The van der Waals surface area contributed by atoms with E-state index in [9.17, 15) is 8.42 Å². The van der Waals surface area contributed by atoms with Gasteiger partial charge >= 0.3 is 0 Å². The Morgan fingerprint density at radius 3 is 2.40 bits per heavy atom. The number of piperazine rings is 1. The van der Waals surface area contributed by atoms with Crippen molar-refractivity contribution in [1.29, 1.82) is 5.26 Å². The number of rotatable bonds is 5. The number of halogens is 2. The van der Waals surface area contributed by atoms with Gasteiger partial charge in [0.1, 0.15) is 17.6 Å².